The number of anilines is 2. The van der Waals surface area contributed by atoms with Gasteiger partial charge in [0, 0.05) is 25.2 Å². The Bertz CT molecular complexity index is 393. The highest BCUT2D eigenvalue weighted by Crippen LogP contribution is 2.23. The summed E-state index contributed by atoms with van der Waals surface area (Å²) in [4.78, 5) is 13.3. The van der Waals surface area contributed by atoms with E-state index < -0.39 is 0 Å². The van der Waals surface area contributed by atoms with E-state index in [1.807, 2.05) is 0 Å². The van der Waals surface area contributed by atoms with E-state index in [2.05, 4.69) is 33.7 Å². The normalized spacial score (nSPS) is 17.8. The molecule has 1 aliphatic heterocycles. The molecular weight excluding hydrogens is 226 g/mol. The lowest BCUT2D eigenvalue weighted by molar-refractivity contribution is 0.360. The second-order valence-corrected chi connectivity index (χ2v) is 4.95. The van der Waals surface area contributed by atoms with Crippen LogP contribution in [0.5, 0.6) is 0 Å². The van der Waals surface area contributed by atoms with Crippen LogP contribution in [0, 0.1) is 0 Å². The van der Waals surface area contributed by atoms with Crippen LogP contribution < -0.4 is 10.6 Å². The van der Waals surface area contributed by atoms with E-state index in [0.717, 1.165) is 50.4 Å². The summed E-state index contributed by atoms with van der Waals surface area (Å²) in [6.45, 7) is 6.46. The van der Waals surface area contributed by atoms with Crippen molar-refractivity contribution in [1.29, 1.82) is 0 Å². The van der Waals surface area contributed by atoms with Crippen LogP contribution in [0.15, 0.2) is 6.33 Å². The van der Waals surface area contributed by atoms with Crippen molar-refractivity contribution in [3.05, 3.63) is 11.9 Å². The van der Waals surface area contributed by atoms with E-state index >= 15 is 0 Å². The average Bonchev–Trinajstić information content (AvgIpc) is 2.57. The Hall–Kier alpha value is -1.36. The quantitative estimate of drug-likeness (QED) is 0.871. The molecule has 0 atom stereocenters. The highest BCUT2D eigenvalue weighted by molar-refractivity contribution is 5.56. The average molecular weight is 249 g/mol. The zero-order chi connectivity index (χ0) is 13.0. The van der Waals surface area contributed by atoms with Gasteiger partial charge in [-0.05, 0) is 26.4 Å². The molecule has 0 radical (unpaired) electrons. The maximum atomic E-state index is 5.99. The SMILES string of the molecule is CCCc1c(N)ncnc1N1CCCN(C)CC1. The third-order valence-corrected chi connectivity index (χ3v) is 3.47. The molecular formula is C13H23N5. The van der Waals surface area contributed by atoms with Gasteiger partial charge in [-0.15, -0.1) is 0 Å². The molecule has 0 bridgehead atoms. The van der Waals surface area contributed by atoms with E-state index in [1.54, 1.807) is 6.33 Å². The number of nitrogen functional groups attached to an aromatic ring is 1. The minimum absolute atomic E-state index is 0.638. The Labute approximate surface area is 109 Å². The van der Waals surface area contributed by atoms with Gasteiger partial charge >= 0.3 is 0 Å². The molecule has 1 fully saturated rings. The standard InChI is InChI=1S/C13H23N5/c1-3-5-11-12(14)15-10-16-13(11)18-7-4-6-17(2)8-9-18/h10H,3-9H2,1-2H3,(H2,14,15,16). The monoisotopic (exact) mass is 249 g/mol. The zero-order valence-electron chi connectivity index (χ0n) is 11.4. The van der Waals surface area contributed by atoms with Gasteiger partial charge in [-0.2, -0.15) is 0 Å². The fraction of sp³-hybridized carbons (Fsp3) is 0.692. The summed E-state index contributed by atoms with van der Waals surface area (Å²) in [5.74, 6) is 1.68. The summed E-state index contributed by atoms with van der Waals surface area (Å²) in [6, 6.07) is 0. The van der Waals surface area contributed by atoms with Crippen LogP contribution >= 0.6 is 0 Å². The lowest BCUT2D eigenvalue weighted by Crippen LogP contribution is -2.30. The van der Waals surface area contributed by atoms with E-state index in [-0.39, 0.29) is 0 Å². The Morgan fingerprint density at radius 3 is 2.83 bits per heavy atom. The predicted molar refractivity (Wildman–Crippen MR) is 74.8 cm³/mol. The molecule has 0 aromatic carbocycles. The number of nitrogens with two attached hydrogens (primary N) is 1. The molecule has 1 aromatic rings. The molecule has 100 valence electrons. The van der Waals surface area contributed by atoms with Crippen molar-refractivity contribution in [2.45, 2.75) is 26.2 Å². The van der Waals surface area contributed by atoms with E-state index in [9.17, 15) is 0 Å². The van der Waals surface area contributed by atoms with Crippen molar-refractivity contribution in [3.63, 3.8) is 0 Å². The highest BCUT2D eigenvalue weighted by Gasteiger charge is 2.18. The molecule has 0 amide bonds. The van der Waals surface area contributed by atoms with Crippen molar-refractivity contribution < 1.29 is 0 Å². The van der Waals surface area contributed by atoms with Crippen LogP contribution in [0.2, 0.25) is 0 Å². The number of hydrogen-bond donors (Lipinski definition) is 1. The van der Waals surface area contributed by atoms with Gasteiger partial charge in [0.05, 0.1) is 0 Å². The van der Waals surface area contributed by atoms with Gasteiger partial charge < -0.3 is 15.5 Å². The third kappa shape index (κ3) is 2.90. The van der Waals surface area contributed by atoms with Crippen molar-refractivity contribution >= 4 is 11.6 Å². The minimum atomic E-state index is 0.638. The molecule has 5 heteroatoms. The summed E-state index contributed by atoms with van der Waals surface area (Å²) in [5, 5.41) is 0. The number of aromatic nitrogens is 2. The van der Waals surface area contributed by atoms with Gasteiger partial charge in [0.2, 0.25) is 0 Å². The number of likely N-dealkylation sites (N-methyl/N-ethyl adjacent to an activating group) is 1. The molecule has 1 aliphatic rings. The zero-order valence-corrected chi connectivity index (χ0v) is 11.4. The van der Waals surface area contributed by atoms with Gasteiger partial charge in [0.1, 0.15) is 18.0 Å². The summed E-state index contributed by atoms with van der Waals surface area (Å²) in [5.41, 5.74) is 7.11. The first kappa shape index (κ1) is 13.1. The Morgan fingerprint density at radius 2 is 2.06 bits per heavy atom. The van der Waals surface area contributed by atoms with Gasteiger partial charge in [0.25, 0.3) is 0 Å². The summed E-state index contributed by atoms with van der Waals surface area (Å²) in [7, 11) is 2.17. The second-order valence-electron chi connectivity index (χ2n) is 4.95. The van der Waals surface area contributed by atoms with Crippen LogP contribution in [-0.4, -0.2) is 48.1 Å². The molecule has 1 saturated heterocycles. The van der Waals surface area contributed by atoms with Crippen LogP contribution in [0.4, 0.5) is 11.6 Å². The molecule has 18 heavy (non-hydrogen) atoms. The molecule has 2 N–H and O–H groups in total. The first-order chi connectivity index (χ1) is 8.72. The number of hydrogen-bond acceptors (Lipinski definition) is 5. The van der Waals surface area contributed by atoms with Gasteiger partial charge in [-0.25, -0.2) is 9.97 Å². The molecule has 1 aromatic heterocycles. The number of rotatable bonds is 3. The van der Waals surface area contributed by atoms with Crippen LogP contribution in [-0.2, 0) is 6.42 Å². The van der Waals surface area contributed by atoms with Crippen molar-refractivity contribution in [2.24, 2.45) is 0 Å². The lowest BCUT2D eigenvalue weighted by Gasteiger charge is -2.24. The maximum Gasteiger partial charge on any atom is 0.137 e. The molecule has 5 nitrogen and oxygen atoms in total. The minimum Gasteiger partial charge on any atom is -0.383 e. The fourth-order valence-electron chi connectivity index (χ4n) is 2.44. The largest absolute Gasteiger partial charge is 0.383 e. The van der Waals surface area contributed by atoms with E-state index in [1.165, 1.54) is 6.42 Å². The van der Waals surface area contributed by atoms with Gasteiger partial charge in [-0.1, -0.05) is 13.3 Å². The summed E-state index contributed by atoms with van der Waals surface area (Å²) in [6.07, 6.45) is 4.77. The third-order valence-electron chi connectivity index (χ3n) is 3.47. The van der Waals surface area contributed by atoms with E-state index in [0.29, 0.717) is 5.82 Å². The topological polar surface area (TPSA) is 58.3 Å². The van der Waals surface area contributed by atoms with Crippen LogP contribution in [0.3, 0.4) is 0 Å². The highest BCUT2D eigenvalue weighted by atomic mass is 15.2. The second kappa shape index (κ2) is 6.00. The first-order valence-electron chi connectivity index (χ1n) is 6.75. The lowest BCUT2D eigenvalue weighted by atomic mass is 10.1. The molecule has 0 aliphatic carbocycles. The number of nitrogens with zero attached hydrogens (tertiary/aromatic N) is 4. The first-order valence-corrected chi connectivity index (χ1v) is 6.75. The fourth-order valence-corrected chi connectivity index (χ4v) is 2.44. The Kier molecular flexibility index (Phi) is 4.36. The maximum absolute atomic E-state index is 5.99. The van der Waals surface area contributed by atoms with Gasteiger partial charge in [0.15, 0.2) is 0 Å². The smallest absolute Gasteiger partial charge is 0.137 e. The van der Waals surface area contributed by atoms with Crippen LogP contribution in [0.25, 0.3) is 0 Å². The van der Waals surface area contributed by atoms with Crippen LogP contribution in [0.1, 0.15) is 25.3 Å². The molecule has 0 spiro atoms. The summed E-state index contributed by atoms with van der Waals surface area (Å²) < 4.78 is 0. The molecule has 2 heterocycles. The summed E-state index contributed by atoms with van der Waals surface area (Å²) >= 11 is 0. The van der Waals surface area contributed by atoms with Crippen molar-refractivity contribution in [3.8, 4) is 0 Å². The van der Waals surface area contributed by atoms with Crippen molar-refractivity contribution in [1.82, 2.24) is 14.9 Å². The Morgan fingerprint density at radius 1 is 1.22 bits per heavy atom. The molecule has 0 unspecified atom stereocenters. The van der Waals surface area contributed by atoms with Crippen molar-refractivity contribution in [2.75, 3.05) is 43.9 Å². The molecule has 0 saturated carbocycles. The Balaban J connectivity index is 2.23. The van der Waals surface area contributed by atoms with Gasteiger partial charge in [-0.3, -0.25) is 0 Å². The predicted octanol–water partition coefficient (Wildman–Crippen LogP) is 1.15. The molecule has 2 rings (SSSR count). The van der Waals surface area contributed by atoms with E-state index in [4.69, 9.17) is 5.73 Å².